The number of carbonyl (C=O) groups excluding carboxylic acids is 1. The van der Waals surface area contributed by atoms with Gasteiger partial charge >= 0.3 is 5.97 Å². The molecule has 2 aromatic rings. The van der Waals surface area contributed by atoms with Gasteiger partial charge in [0.25, 0.3) is 0 Å². The van der Waals surface area contributed by atoms with Gasteiger partial charge in [-0.15, -0.1) is 5.10 Å². The second-order valence-electron chi connectivity index (χ2n) is 3.99. The topological polar surface area (TPSA) is 101 Å². The molecule has 0 bridgehead atoms. The first-order valence-corrected chi connectivity index (χ1v) is 6.23. The Morgan fingerprint density at radius 3 is 2.71 bits per heavy atom. The smallest absolute Gasteiger partial charge is 0.362 e. The molecule has 8 heteroatoms. The molecule has 0 aliphatic rings. The molecular weight excluding hydrogens is 276 g/mol. The predicted octanol–water partition coefficient (Wildman–Crippen LogP) is 1.04. The van der Waals surface area contributed by atoms with E-state index in [9.17, 15) is 4.79 Å². The van der Waals surface area contributed by atoms with Crippen molar-refractivity contribution in [3.63, 3.8) is 0 Å². The summed E-state index contributed by atoms with van der Waals surface area (Å²) in [6, 6.07) is 5.12. The maximum absolute atomic E-state index is 11.7. The van der Waals surface area contributed by atoms with Crippen LogP contribution in [0, 0.1) is 0 Å². The summed E-state index contributed by atoms with van der Waals surface area (Å²) < 4.78 is 16.6. The minimum atomic E-state index is -0.622. The SMILES string of the molecule is CCOC(=O)c1nnn(-c2cc(OC)ccc2OC)c1N. The number of rotatable bonds is 5. The van der Waals surface area contributed by atoms with Crippen LogP contribution in [0.3, 0.4) is 0 Å². The van der Waals surface area contributed by atoms with E-state index in [1.54, 1.807) is 32.2 Å². The summed E-state index contributed by atoms with van der Waals surface area (Å²) in [6.45, 7) is 1.93. The summed E-state index contributed by atoms with van der Waals surface area (Å²) in [7, 11) is 3.06. The second kappa shape index (κ2) is 6.12. The molecule has 0 fully saturated rings. The minimum Gasteiger partial charge on any atom is -0.497 e. The van der Waals surface area contributed by atoms with Crippen LogP contribution in [0.4, 0.5) is 5.82 Å². The van der Waals surface area contributed by atoms with E-state index >= 15 is 0 Å². The molecule has 0 aliphatic carbocycles. The number of ether oxygens (including phenoxy) is 3. The lowest BCUT2D eigenvalue weighted by molar-refractivity contribution is 0.0520. The summed E-state index contributed by atoms with van der Waals surface area (Å²) in [4.78, 5) is 11.7. The molecule has 2 rings (SSSR count). The van der Waals surface area contributed by atoms with Crippen molar-refractivity contribution in [2.45, 2.75) is 6.92 Å². The third-order valence-corrected chi connectivity index (χ3v) is 2.79. The highest BCUT2D eigenvalue weighted by Gasteiger charge is 2.21. The largest absolute Gasteiger partial charge is 0.497 e. The lowest BCUT2D eigenvalue weighted by Crippen LogP contribution is -2.10. The average molecular weight is 292 g/mol. The number of esters is 1. The standard InChI is InChI=1S/C13H16N4O4/c1-4-21-13(18)11-12(14)17(16-15-11)9-7-8(19-2)5-6-10(9)20-3/h5-7H,4,14H2,1-3H3. The van der Waals surface area contributed by atoms with Crippen LogP contribution in [0.5, 0.6) is 11.5 Å². The highest BCUT2D eigenvalue weighted by Crippen LogP contribution is 2.29. The molecule has 0 atom stereocenters. The molecular formula is C13H16N4O4. The van der Waals surface area contributed by atoms with Crippen LogP contribution < -0.4 is 15.2 Å². The number of nitrogen functional groups attached to an aromatic ring is 1. The number of hydrogen-bond donors (Lipinski definition) is 1. The first-order valence-electron chi connectivity index (χ1n) is 6.23. The van der Waals surface area contributed by atoms with Gasteiger partial charge in [0.1, 0.15) is 17.2 Å². The number of carbonyl (C=O) groups is 1. The predicted molar refractivity (Wildman–Crippen MR) is 74.8 cm³/mol. The van der Waals surface area contributed by atoms with Gasteiger partial charge in [0.05, 0.1) is 20.8 Å². The van der Waals surface area contributed by atoms with Crippen molar-refractivity contribution in [1.82, 2.24) is 15.0 Å². The van der Waals surface area contributed by atoms with Crippen LogP contribution in [0.2, 0.25) is 0 Å². The molecule has 1 aromatic heterocycles. The van der Waals surface area contributed by atoms with Crippen LogP contribution in [0.15, 0.2) is 18.2 Å². The number of aromatic nitrogens is 3. The van der Waals surface area contributed by atoms with Gasteiger partial charge in [-0.1, -0.05) is 5.21 Å². The van der Waals surface area contributed by atoms with Crippen LogP contribution in [-0.4, -0.2) is 41.8 Å². The van der Waals surface area contributed by atoms with E-state index in [0.717, 1.165) is 0 Å². The van der Waals surface area contributed by atoms with Crippen molar-refractivity contribution in [2.75, 3.05) is 26.6 Å². The summed E-state index contributed by atoms with van der Waals surface area (Å²) in [6.07, 6.45) is 0. The van der Waals surface area contributed by atoms with Gasteiger partial charge in [0, 0.05) is 6.07 Å². The van der Waals surface area contributed by atoms with Crippen molar-refractivity contribution in [1.29, 1.82) is 0 Å². The van der Waals surface area contributed by atoms with Gasteiger partial charge < -0.3 is 19.9 Å². The minimum absolute atomic E-state index is 0.0401. The number of methoxy groups -OCH3 is 2. The molecule has 21 heavy (non-hydrogen) atoms. The fraction of sp³-hybridized carbons (Fsp3) is 0.308. The Hall–Kier alpha value is -2.77. The van der Waals surface area contributed by atoms with E-state index in [1.807, 2.05) is 0 Å². The Balaban J connectivity index is 2.50. The Labute approximate surface area is 121 Å². The highest BCUT2D eigenvalue weighted by atomic mass is 16.5. The van der Waals surface area contributed by atoms with Gasteiger partial charge in [-0.3, -0.25) is 0 Å². The van der Waals surface area contributed by atoms with Crippen LogP contribution >= 0.6 is 0 Å². The summed E-state index contributed by atoms with van der Waals surface area (Å²) in [5.41, 5.74) is 6.39. The van der Waals surface area contributed by atoms with E-state index in [-0.39, 0.29) is 18.1 Å². The molecule has 0 spiro atoms. The van der Waals surface area contributed by atoms with Crippen LogP contribution in [-0.2, 0) is 4.74 Å². The number of anilines is 1. The number of hydrogen-bond acceptors (Lipinski definition) is 7. The van der Waals surface area contributed by atoms with E-state index in [4.69, 9.17) is 19.9 Å². The van der Waals surface area contributed by atoms with Crippen molar-refractivity contribution >= 4 is 11.8 Å². The van der Waals surface area contributed by atoms with Gasteiger partial charge in [0.15, 0.2) is 5.82 Å². The van der Waals surface area contributed by atoms with Crippen molar-refractivity contribution in [2.24, 2.45) is 0 Å². The quantitative estimate of drug-likeness (QED) is 0.821. The number of nitrogens with zero attached hydrogens (tertiary/aromatic N) is 3. The second-order valence-corrected chi connectivity index (χ2v) is 3.99. The lowest BCUT2D eigenvalue weighted by atomic mass is 10.2. The summed E-state index contributed by atoms with van der Waals surface area (Å²) in [5, 5.41) is 7.64. The monoisotopic (exact) mass is 292 g/mol. The molecule has 2 N–H and O–H groups in total. The molecule has 0 aliphatic heterocycles. The van der Waals surface area contributed by atoms with Gasteiger partial charge in [-0.25, -0.2) is 4.79 Å². The molecule has 0 radical (unpaired) electrons. The zero-order chi connectivity index (χ0) is 15.4. The average Bonchev–Trinajstić information content (AvgIpc) is 2.88. The Bertz CT molecular complexity index is 654. The maximum atomic E-state index is 11.7. The molecule has 8 nitrogen and oxygen atoms in total. The highest BCUT2D eigenvalue weighted by molar-refractivity contribution is 5.92. The first-order chi connectivity index (χ1) is 10.1. The van der Waals surface area contributed by atoms with Crippen molar-refractivity contribution in [3.8, 4) is 17.2 Å². The zero-order valence-electron chi connectivity index (χ0n) is 12.0. The fourth-order valence-corrected chi connectivity index (χ4v) is 1.77. The molecule has 1 heterocycles. The van der Waals surface area contributed by atoms with E-state index in [1.165, 1.54) is 11.8 Å². The molecule has 1 aromatic carbocycles. The van der Waals surface area contributed by atoms with Crippen molar-refractivity contribution < 1.29 is 19.0 Å². The zero-order valence-corrected chi connectivity index (χ0v) is 12.0. The number of nitrogens with two attached hydrogens (primary N) is 1. The first kappa shape index (κ1) is 14.6. The van der Waals surface area contributed by atoms with Crippen LogP contribution in [0.25, 0.3) is 5.69 Å². The third-order valence-electron chi connectivity index (χ3n) is 2.79. The summed E-state index contributed by atoms with van der Waals surface area (Å²) >= 11 is 0. The Morgan fingerprint density at radius 2 is 2.10 bits per heavy atom. The molecule has 0 saturated carbocycles. The molecule has 0 unspecified atom stereocenters. The molecule has 0 amide bonds. The van der Waals surface area contributed by atoms with E-state index in [2.05, 4.69) is 10.3 Å². The van der Waals surface area contributed by atoms with Crippen molar-refractivity contribution in [3.05, 3.63) is 23.9 Å². The number of benzene rings is 1. The fourth-order valence-electron chi connectivity index (χ4n) is 1.77. The summed E-state index contributed by atoms with van der Waals surface area (Å²) in [5.74, 6) is 0.560. The van der Waals surface area contributed by atoms with Gasteiger partial charge in [0.2, 0.25) is 5.69 Å². The van der Waals surface area contributed by atoms with E-state index in [0.29, 0.717) is 17.2 Å². The van der Waals surface area contributed by atoms with Gasteiger partial charge in [-0.2, -0.15) is 4.68 Å². The Kier molecular flexibility index (Phi) is 4.27. The van der Waals surface area contributed by atoms with Crippen LogP contribution in [0.1, 0.15) is 17.4 Å². The molecule has 112 valence electrons. The Morgan fingerprint density at radius 1 is 1.33 bits per heavy atom. The molecule has 0 saturated heterocycles. The normalized spacial score (nSPS) is 10.2. The van der Waals surface area contributed by atoms with Gasteiger partial charge in [-0.05, 0) is 19.1 Å². The van der Waals surface area contributed by atoms with E-state index < -0.39 is 5.97 Å². The third kappa shape index (κ3) is 2.73. The lowest BCUT2D eigenvalue weighted by Gasteiger charge is -2.10. The maximum Gasteiger partial charge on any atom is 0.362 e.